The quantitative estimate of drug-likeness (QED) is 0.378. The van der Waals surface area contributed by atoms with Crippen molar-refractivity contribution in [3.63, 3.8) is 0 Å². The number of aliphatic imine (C=N–C) groups is 1. The zero-order valence-electron chi connectivity index (χ0n) is 25.2. The van der Waals surface area contributed by atoms with Crippen LogP contribution in [0.3, 0.4) is 0 Å². The third-order valence-electron chi connectivity index (χ3n) is 7.96. The van der Waals surface area contributed by atoms with Crippen molar-refractivity contribution in [3.8, 4) is 0 Å². The second kappa shape index (κ2) is 13.4. The Morgan fingerprint density at radius 3 is 2.46 bits per heavy atom. The van der Waals surface area contributed by atoms with E-state index in [1.807, 2.05) is 26.0 Å². The van der Waals surface area contributed by atoms with Crippen LogP contribution in [0.2, 0.25) is 0 Å². The van der Waals surface area contributed by atoms with Crippen molar-refractivity contribution in [2.45, 2.75) is 97.6 Å². The van der Waals surface area contributed by atoms with Crippen molar-refractivity contribution in [2.24, 2.45) is 16.8 Å². The zero-order valence-corrected chi connectivity index (χ0v) is 26.0. The van der Waals surface area contributed by atoms with E-state index in [2.05, 4.69) is 73.0 Å². The fourth-order valence-corrected chi connectivity index (χ4v) is 6.48. The van der Waals surface area contributed by atoms with Gasteiger partial charge in [0.1, 0.15) is 16.7 Å². The molecule has 0 aromatic carbocycles. The Balaban J connectivity index is 0.00000205. The van der Waals surface area contributed by atoms with Crippen LogP contribution in [0.4, 0.5) is 5.82 Å². The molecule has 2 unspecified atom stereocenters. The Kier molecular flexibility index (Phi) is 10.7. The average molecular weight is 555 g/mol. The molecule has 0 saturated carbocycles. The Hall–Kier alpha value is -2.32. The summed E-state index contributed by atoms with van der Waals surface area (Å²) in [5.74, 6) is 2.34. The minimum Gasteiger partial charge on any atom is -0.368 e. The van der Waals surface area contributed by atoms with Gasteiger partial charge in [-0.15, -0.1) is 0 Å². The van der Waals surface area contributed by atoms with E-state index in [-0.39, 0.29) is 16.9 Å². The topological polar surface area (TPSA) is 81.7 Å². The van der Waals surface area contributed by atoms with Crippen molar-refractivity contribution >= 4 is 28.7 Å². The second-order valence-corrected chi connectivity index (χ2v) is 13.2. The number of hydrogen-bond acceptors (Lipinski definition) is 7. The molecule has 2 atom stereocenters. The molecule has 0 spiro atoms. The number of hydrogen-bond donors (Lipinski definition) is 3. The third-order valence-corrected chi connectivity index (χ3v) is 8.72. The highest BCUT2D eigenvalue weighted by atomic mass is 32.2. The van der Waals surface area contributed by atoms with Crippen LogP contribution in [0.5, 0.6) is 0 Å². The van der Waals surface area contributed by atoms with Crippen LogP contribution in [0.15, 0.2) is 42.2 Å². The molecule has 1 aromatic rings. The highest BCUT2D eigenvalue weighted by Gasteiger charge is 2.41. The van der Waals surface area contributed by atoms with Crippen LogP contribution in [0.1, 0.15) is 96.6 Å². The summed E-state index contributed by atoms with van der Waals surface area (Å²) in [7, 11) is 0. The molecule has 8 heteroatoms. The number of aromatic nitrogens is 1. The fraction of sp³-hybridized carbons (Fsp3) is 0.645. The van der Waals surface area contributed by atoms with Crippen molar-refractivity contribution in [1.82, 2.24) is 20.3 Å². The van der Waals surface area contributed by atoms with Crippen molar-refractivity contribution in [1.29, 1.82) is 0 Å². The lowest BCUT2D eigenvalue weighted by atomic mass is 9.84. The molecule has 3 N–H and O–H groups in total. The van der Waals surface area contributed by atoms with Crippen molar-refractivity contribution in [3.05, 3.63) is 48.4 Å². The maximum Gasteiger partial charge on any atom is 0.265 e. The van der Waals surface area contributed by atoms with E-state index in [1.54, 1.807) is 6.08 Å². The summed E-state index contributed by atoms with van der Waals surface area (Å²) in [6.07, 6.45) is 7.23. The number of carbonyl (C=O) groups excluding carboxylic acids is 1. The number of nitrogens with zero attached hydrogens (tertiary/aromatic N) is 3. The number of rotatable bonds is 2. The van der Waals surface area contributed by atoms with Crippen LogP contribution in [0.25, 0.3) is 0 Å². The van der Waals surface area contributed by atoms with E-state index in [1.165, 1.54) is 11.9 Å². The molecule has 1 aromatic heterocycles. The molecule has 2 bridgehead atoms. The lowest BCUT2D eigenvalue weighted by Crippen LogP contribution is -2.41. The molecule has 2 fully saturated rings. The van der Waals surface area contributed by atoms with Gasteiger partial charge in [-0.2, -0.15) is 0 Å². The molecule has 3 aliphatic heterocycles. The summed E-state index contributed by atoms with van der Waals surface area (Å²) in [6, 6.07) is 4.23. The zero-order chi connectivity index (χ0) is 28.8. The van der Waals surface area contributed by atoms with Crippen LogP contribution >= 0.6 is 11.9 Å². The van der Waals surface area contributed by atoms with Gasteiger partial charge in [0, 0.05) is 41.2 Å². The van der Waals surface area contributed by atoms with E-state index in [9.17, 15) is 4.79 Å². The normalized spacial score (nSPS) is 25.9. The first-order valence-electron chi connectivity index (χ1n) is 14.6. The summed E-state index contributed by atoms with van der Waals surface area (Å²) in [4.78, 5) is 25.6. The largest absolute Gasteiger partial charge is 0.368 e. The molecular formula is C31H50N6OS. The van der Waals surface area contributed by atoms with Crippen LogP contribution in [-0.4, -0.2) is 47.1 Å². The lowest BCUT2D eigenvalue weighted by molar-refractivity contribution is 0.0984. The molecule has 4 heterocycles. The third kappa shape index (κ3) is 7.88. The van der Waals surface area contributed by atoms with E-state index in [4.69, 9.17) is 4.98 Å². The summed E-state index contributed by atoms with van der Waals surface area (Å²) in [6.45, 7) is 26.2. The van der Waals surface area contributed by atoms with Gasteiger partial charge < -0.3 is 15.5 Å². The highest BCUT2D eigenvalue weighted by Crippen LogP contribution is 2.40. The molecule has 0 aliphatic carbocycles. The molecule has 4 rings (SSSR count). The van der Waals surface area contributed by atoms with Gasteiger partial charge in [-0.05, 0) is 89.1 Å². The molecule has 1 amide bonds. The molecule has 2 saturated heterocycles. The number of fused-ring (bicyclic) bond motifs is 4. The number of carbonyl (C=O) groups is 1. The number of nitrogens with one attached hydrogen (secondary N) is 3. The van der Waals surface area contributed by atoms with Gasteiger partial charge >= 0.3 is 0 Å². The van der Waals surface area contributed by atoms with Gasteiger partial charge in [0.15, 0.2) is 0 Å². The predicted octanol–water partition coefficient (Wildman–Crippen LogP) is 6.20. The van der Waals surface area contributed by atoms with Gasteiger partial charge in [0.05, 0.1) is 5.56 Å². The summed E-state index contributed by atoms with van der Waals surface area (Å²) < 4.78 is 2.98. The Bertz CT molecular complexity index is 1050. The molecule has 0 radical (unpaired) electrons. The van der Waals surface area contributed by atoms with Gasteiger partial charge in [-0.25, -0.2) is 9.98 Å². The monoisotopic (exact) mass is 554 g/mol. The Morgan fingerprint density at radius 2 is 1.82 bits per heavy atom. The van der Waals surface area contributed by atoms with Gasteiger partial charge in [0.25, 0.3) is 5.91 Å². The summed E-state index contributed by atoms with van der Waals surface area (Å²) in [5.41, 5.74) is 1.38. The second-order valence-electron chi connectivity index (χ2n) is 12.4. The minimum atomic E-state index is -0.178. The summed E-state index contributed by atoms with van der Waals surface area (Å²) in [5, 5.41) is 7.74. The van der Waals surface area contributed by atoms with Gasteiger partial charge in [-0.1, -0.05) is 47.8 Å². The fourth-order valence-electron chi connectivity index (χ4n) is 5.93. The first-order valence-corrected chi connectivity index (χ1v) is 15.4. The smallest absolute Gasteiger partial charge is 0.265 e. The minimum absolute atomic E-state index is 0.0948. The summed E-state index contributed by atoms with van der Waals surface area (Å²) >= 11 is 1.17. The number of anilines is 1. The lowest BCUT2D eigenvalue weighted by Gasteiger charge is -2.34. The SMILES string of the molecule is C=C/C1=N\C(=C)NC(C2CCNCC2)CCC2CN(c3nc(C(C)(C)C)ccc3C(=O)NS1)C(C)(C)C2.CC. The van der Waals surface area contributed by atoms with Gasteiger partial charge in [-0.3, -0.25) is 9.52 Å². The van der Waals surface area contributed by atoms with E-state index >= 15 is 0 Å². The molecule has 7 nitrogen and oxygen atoms in total. The van der Waals surface area contributed by atoms with Crippen LogP contribution in [-0.2, 0) is 5.41 Å². The molecular weight excluding hydrogens is 504 g/mol. The highest BCUT2D eigenvalue weighted by molar-refractivity contribution is 8.13. The number of pyridine rings is 1. The van der Waals surface area contributed by atoms with Crippen LogP contribution in [0, 0.1) is 11.8 Å². The predicted molar refractivity (Wildman–Crippen MR) is 167 cm³/mol. The van der Waals surface area contributed by atoms with Gasteiger partial charge in [0.2, 0.25) is 0 Å². The number of piperidine rings is 1. The molecule has 39 heavy (non-hydrogen) atoms. The molecule has 216 valence electrons. The average Bonchev–Trinajstić information content (AvgIpc) is 3.22. The first kappa shape index (κ1) is 31.2. The Labute approximate surface area is 240 Å². The Morgan fingerprint density at radius 1 is 1.13 bits per heavy atom. The standard InChI is InChI=1S/C29H44N6OS.C2H6/c1-8-25-32-19(2)31-23(21-13-15-30-16-14-21)11-9-20-17-29(6,7)35(18-20)26-22(27(36)34-37-25)10-12-24(33-26)28(3,4)5;1-2/h8,10,12,20-21,23,30-31H,1-2,9,11,13-18H2,3-7H3,(H,34,36);1-2H3/b32-25+;. The number of amides is 1. The van der Waals surface area contributed by atoms with Crippen LogP contribution < -0.4 is 20.3 Å². The van der Waals surface area contributed by atoms with E-state index in [0.29, 0.717) is 34.3 Å². The molecule has 3 aliphatic rings. The maximum atomic E-state index is 13.5. The first-order chi connectivity index (χ1) is 18.5. The van der Waals surface area contributed by atoms with Crippen molar-refractivity contribution in [2.75, 3.05) is 24.5 Å². The van der Waals surface area contributed by atoms with E-state index < -0.39 is 0 Å². The van der Waals surface area contributed by atoms with E-state index in [0.717, 1.165) is 63.3 Å². The van der Waals surface area contributed by atoms with Crippen molar-refractivity contribution < 1.29 is 4.79 Å². The maximum absolute atomic E-state index is 13.5.